The molecule has 1 aromatic rings. The van der Waals surface area contributed by atoms with Crippen LogP contribution in [0.25, 0.3) is 0 Å². The average molecular weight is 226 g/mol. The molecule has 1 heterocycles. The van der Waals surface area contributed by atoms with Crippen molar-refractivity contribution in [1.29, 1.82) is 0 Å². The molecule has 2 N–H and O–H groups in total. The number of nitrogens with two attached hydrogens (primary N) is 1. The normalized spacial score (nSPS) is 24.2. The maximum absolute atomic E-state index is 11.3. The lowest BCUT2D eigenvalue weighted by Crippen LogP contribution is -2.85. The van der Waals surface area contributed by atoms with Gasteiger partial charge in [0.05, 0.1) is 5.75 Å². The van der Waals surface area contributed by atoms with E-state index >= 15 is 0 Å². The predicted octanol–water partition coefficient (Wildman–Crippen LogP) is 0.377. The van der Waals surface area contributed by atoms with Crippen LogP contribution in [0, 0.1) is 6.92 Å². The molecule has 1 unspecified atom stereocenters. The Morgan fingerprint density at radius 1 is 1.27 bits per heavy atom. The molecule has 15 heavy (non-hydrogen) atoms. The van der Waals surface area contributed by atoms with E-state index in [2.05, 4.69) is 17.4 Å². The molecule has 1 aromatic carbocycles. The summed E-state index contributed by atoms with van der Waals surface area (Å²) in [6.07, 6.45) is 0.774. The van der Waals surface area contributed by atoms with Crippen LogP contribution >= 0.6 is 0 Å². The van der Waals surface area contributed by atoms with E-state index in [1.54, 1.807) is 0 Å². The summed E-state index contributed by atoms with van der Waals surface area (Å²) in [5, 5.41) is 2.07. The van der Waals surface area contributed by atoms with Gasteiger partial charge < -0.3 is 5.32 Å². The Kier molecular flexibility index (Phi) is 2.80. The fourth-order valence-corrected chi connectivity index (χ4v) is 3.65. The lowest BCUT2D eigenvalue weighted by atomic mass is 10.2. The van der Waals surface area contributed by atoms with Crippen molar-refractivity contribution in [1.82, 2.24) is 0 Å². The quantitative estimate of drug-likeness (QED) is 0.741. The second-order valence-corrected chi connectivity index (χ2v) is 6.47. The zero-order valence-electron chi connectivity index (χ0n) is 8.81. The highest BCUT2D eigenvalue weighted by Gasteiger charge is 2.30. The number of sulfone groups is 1. The van der Waals surface area contributed by atoms with Crippen molar-refractivity contribution < 1.29 is 13.7 Å². The van der Waals surface area contributed by atoms with E-state index in [0.717, 1.165) is 12.1 Å². The Bertz CT molecular complexity index is 436. The second kappa shape index (κ2) is 3.94. The predicted molar refractivity (Wildman–Crippen MR) is 59.8 cm³/mol. The van der Waals surface area contributed by atoms with Gasteiger partial charge in [-0.15, -0.1) is 0 Å². The average Bonchev–Trinajstić information content (AvgIpc) is 2.50. The van der Waals surface area contributed by atoms with Gasteiger partial charge in [0.2, 0.25) is 0 Å². The van der Waals surface area contributed by atoms with Gasteiger partial charge in [-0.1, -0.05) is 17.7 Å². The summed E-state index contributed by atoms with van der Waals surface area (Å²) in [4.78, 5) is 0. The molecule has 82 valence electrons. The number of rotatable bonds is 2. The van der Waals surface area contributed by atoms with Crippen molar-refractivity contribution >= 4 is 15.5 Å². The largest absolute Gasteiger partial charge is 0.311 e. The number of hydrogen-bond donors (Lipinski definition) is 1. The number of benzene rings is 1. The Morgan fingerprint density at radius 2 is 1.93 bits per heavy atom. The van der Waals surface area contributed by atoms with Crippen molar-refractivity contribution in [3.05, 3.63) is 29.8 Å². The molecule has 0 saturated carbocycles. The summed E-state index contributed by atoms with van der Waals surface area (Å²) in [6.45, 7) is 2.05. The van der Waals surface area contributed by atoms with Crippen molar-refractivity contribution in [2.75, 3.05) is 11.5 Å². The van der Waals surface area contributed by atoms with Crippen LogP contribution < -0.4 is 5.32 Å². The molecule has 0 amide bonds. The minimum atomic E-state index is -2.75. The lowest BCUT2D eigenvalue weighted by Gasteiger charge is -2.06. The standard InChI is InChI=1S/C11H15NO2S/c1-9-2-4-10(5-3-9)12-11-6-7-15(13,14)8-11/h2-5,11-12H,6-8H2,1H3/p+1. The summed E-state index contributed by atoms with van der Waals surface area (Å²) in [6, 6.07) is 8.39. The first kappa shape index (κ1) is 10.6. The molecule has 1 saturated heterocycles. The van der Waals surface area contributed by atoms with Gasteiger partial charge in [0.15, 0.2) is 9.84 Å². The maximum atomic E-state index is 11.3. The zero-order valence-corrected chi connectivity index (χ0v) is 9.63. The highest BCUT2D eigenvalue weighted by Crippen LogP contribution is 2.10. The molecule has 0 aromatic heterocycles. The van der Waals surface area contributed by atoms with Crippen molar-refractivity contribution in [2.45, 2.75) is 19.4 Å². The third-order valence-electron chi connectivity index (χ3n) is 2.77. The van der Waals surface area contributed by atoms with Crippen LogP contribution in [0.1, 0.15) is 12.0 Å². The fraction of sp³-hybridized carbons (Fsp3) is 0.455. The Hall–Kier alpha value is -0.870. The van der Waals surface area contributed by atoms with Crippen LogP contribution in [0.5, 0.6) is 0 Å². The second-order valence-electron chi connectivity index (χ2n) is 4.24. The molecule has 0 aliphatic carbocycles. The van der Waals surface area contributed by atoms with Crippen LogP contribution in [0.4, 0.5) is 5.69 Å². The van der Waals surface area contributed by atoms with Crippen LogP contribution in [0.15, 0.2) is 24.3 Å². The topological polar surface area (TPSA) is 50.8 Å². The molecule has 1 aliphatic heterocycles. The molecule has 1 atom stereocenters. The SMILES string of the molecule is Cc1ccc([NH2+]C2CCS(=O)(=O)C2)cc1. The van der Waals surface area contributed by atoms with Gasteiger partial charge in [0.25, 0.3) is 0 Å². The summed E-state index contributed by atoms with van der Waals surface area (Å²) in [7, 11) is -2.75. The Morgan fingerprint density at radius 3 is 2.47 bits per heavy atom. The molecular formula is C11H16NO2S+. The number of quaternary nitrogens is 1. The first-order valence-electron chi connectivity index (χ1n) is 5.17. The van der Waals surface area contributed by atoms with Gasteiger partial charge in [0, 0.05) is 6.42 Å². The summed E-state index contributed by atoms with van der Waals surface area (Å²) < 4.78 is 22.5. The van der Waals surface area contributed by atoms with E-state index in [0.29, 0.717) is 11.5 Å². The molecular weight excluding hydrogens is 210 g/mol. The Balaban J connectivity index is 2.02. The van der Waals surface area contributed by atoms with Gasteiger partial charge in [-0.05, 0) is 19.1 Å². The number of aryl methyl sites for hydroxylation is 1. The molecule has 0 spiro atoms. The summed E-state index contributed by atoms with van der Waals surface area (Å²) in [5.74, 6) is 0.668. The van der Waals surface area contributed by atoms with Crippen LogP contribution in [-0.4, -0.2) is 26.0 Å². The molecule has 1 aliphatic rings. The van der Waals surface area contributed by atoms with Crippen LogP contribution in [-0.2, 0) is 9.84 Å². The summed E-state index contributed by atoms with van der Waals surface area (Å²) in [5.41, 5.74) is 2.36. The summed E-state index contributed by atoms with van der Waals surface area (Å²) >= 11 is 0. The molecule has 3 nitrogen and oxygen atoms in total. The van der Waals surface area contributed by atoms with Gasteiger partial charge in [-0.25, -0.2) is 8.42 Å². The highest BCUT2D eigenvalue weighted by molar-refractivity contribution is 7.91. The molecule has 4 heteroatoms. The first-order valence-corrected chi connectivity index (χ1v) is 6.99. The third kappa shape index (κ3) is 2.79. The Labute approximate surface area is 90.4 Å². The molecule has 1 fully saturated rings. The van der Waals surface area contributed by atoms with E-state index < -0.39 is 9.84 Å². The van der Waals surface area contributed by atoms with E-state index in [1.807, 2.05) is 19.1 Å². The highest BCUT2D eigenvalue weighted by atomic mass is 32.2. The minimum absolute atomic E-state index is 0.206. The smallest absolute Gasteiger partial charge is 0.156 e. The fourth-order valence-electron chi connectivity index (χ4n) is 1.90. The van der Waals surface area contributed by atoms with Crippen molar-refractivity contribution in [3.63, 3.8) is 0 Å². The van der Waals surface area contributed by atoms with E-state index in [-0.39, 0.29) is 6.04 Å². The van der Waals surface area contributed by atoms with Gasteiger partial charge in [0.1, 0.15) is 17.5 Å². The molecule has 2 rings (SSSR count). The maximum Gasteiger partial charge on any atom is 0.156 e. The van der Waals surface area contributed by atoms with Gasteiger partial charge >= 0.3 is 0 Å². The minimum Gasteiger partial charge on any atom is -0.311 e. The van der Waals surface area contributed by atoms with Crippen LogP contribution in [0.2, 0.25) is 0 Å². The lowest BCUT2D eigenvalue weighted by molar-refractivity contribution is -0.605. The van der Waals surface area contributed by atoms with E-state index in [4.69, 9.17) is 0 Å². The third-order valence-corrected chi connectivity index (χ3v) is 4.57. The molecule has 0 bridgehead atoms. The van der Waals surface area contributed by atoms with Crippen LogP contribution in [0.3, 0.4) is 0 Å². The van der Waals surface area contributed by atoms with Gasteiger partial charge in [-0.3, -0.25) is 0 Å². The monoisotopic (exact) mass is 226 g/mol. The first-order chi connectivity index (χ1) is 7.05. The van der Waals surface area contributed by atoms with Crippen molar-refractivity contribution in [3.8, 4) is 0 Å². The van der Waals surface area contributed by atoms with Gasteiger partial charge in [-0.2, -0.15) is 0 Å². The molecule has 0 radical (unpaired) electrons. The van der Waals surface area contributed by atoms with Crippen molar-refractivity contribution in [2.24, 2.45) is 0 Å². The number of hydrogen-bond acceptors (Lipinski definition) is 2. The zero-order chi connectivity index (χ0) is 10.9. The van der Waals surface area contributed by atoms with E-state index in [9.17, 15) is 8.42 Å². The van der Waals surface area contributed by atoms with E-state index in [1.165, 1.54) is 5.56 Å².